The summed E-state index contributed by atoms with van der Waals surface area (Å²) < 4.78 is 0. The molecular formula is C17H27N3O. The number of hydrogen-bond acceptors (Lipinski definition) is 3. The van der Waals surface area contributed by atoms with Gasteiger partial charge in [-0.05, 0) is 82.0 Å². The van der Waals surface area contributed by atoms with Crippen LogP contribution >= 0.6 is 0 Å². The van der Waals surface area contributed by atoms with E-state index in [-0.39, 0.29) is 5.91 Å². The average molecular weight is 289 g/mol. The number of amides is 1. The summed E-state index contributed by atoms with van der Waals surface area (Å²) in [6, 6.07) is 5.78. The van der Waals surface area contributed by atoms with E-state index >= 15 is 0 Å². The summed E-state index contributed by atoms with van der Waals surface area (Å²) in [7, 11) is 2.02. The Morgan fingerprint density at radius 3 is 2.67 bits per heavy atom. The van der Waals surface area contributed by atoms with Crippen LogP contribution in [0.15, 0.2) is 18.2 Å². The quantitative estimate of drug-likeness (QED) is 0.841. The minimum Gasteiger partial charge on any atom is -0.366 e. The maximum Gasteiger partial charge on any atom is 0.248 e. The first-order chi connectivity index (χ1) is 10.1. The van der Waals surface area contributed by atoms with Gasteiger partial charge >= 0.3 is 0 Å². The number of nitrogens with zero attached hydrogens (tertiary/aromatic N) is 1. The molecule has 0 atom stereocenters. The number of rotatable bonds is 6. The molecule has 1 fully saturated rings. The lowest BCUT2D eigenvalue weighted by Crippen LogP contribution is -2.34. The van der Waals surface area contributed by atoms with Crippen molar-refractivity contribution in [3.63, 3.8) is 0 Å². The summed E-state index contributed by atoms with van der Waals surface area (Å²) >= 11 is 0. The van der Waals surface area contributed by atoms with E-state index in [1.54, 1.807) is 0 Å². The van der Waals surface area contributed by atoms with Gasteiger partial charge in [-0.15, -0.1) is 0 Å². The Hall–Kier alpha value is -1.39. The standard InChI is InChI=1S/C17H27N3O/c1-13-11-15(17(18)21)3-4-16(13)12-20-9-6-14(7-10-20)5-8-19-2/h3-4,11,14,19H,5-10,12H2,1-2H3,(H2,18,21). The van der Waals surface area contributed by atoms with Crippen molar-refractivity contribution in [3.05, 3.63) is 34.9 Å². The summed E-state index contributed by atoms with van der Waals surface area (Å²) in [4.78, 5) is 13.7. The molecule has 0 aromatic heterocycles. The molecule has 1 heterocycles. The molecule has 0 spiro atoms. The Balaban J connectivity index is 1.87. The summed E-state index contributed by atoms with van der Waals surface area (Å²) in [5, 5.41) is 3.24. The normalized spacial score (nSPS) is 17.0. The van der Waals surface area contributed by atoms with E-state index in [0.29, 0.717) is 5.56 Å². The van der Waals surface area contributed by atoms with Crippen molar-refractivity contribution in [2.45, 2.75) is 32.7 Å². The van der Waals surface area contributed by atoms with Crippen LogP contribution in [0.3, 0.4) is 0 Å². The number of benzene rings is 1. The van der Waals surface area contributed by atoms with Crippen molar-refractivity contribution in [1.82, 2.24) is 10.2 Å². The number of nitrogens with one attached hydrogen (secondary N) is 1. The average Bonchev–Trinajstić information content (AvgIpc) is 2.48. The molecule has 1 aliphatic rings. The predicted octanol–water partition coefficient (Wildman–Crippen LogP) is 1.92. The highest BCUT2D eigenvalue weighted by molar-refractivity contribution is 5.93. The zero-order valence-electron chi connectivity index (χ0n) is 13.2. The Bertz CT molecular complexity index is 479. The molecule has 1 aromatic rings. The van der Waals surface area contributed by atoms with Crippen molar-refractivity contribution in [1.29, 1.82) is 0 Å². The second-order valence-electron chi connectivity index (χ2n) is 6.12. The van der Waals surface area contributed by atoms with Crippen LogP contribution in [0.4, 0.5) is 0 Å². The van der Waals surface area contributed by atoms with Crippen LogP contribution in [-0.4, -0.2) is 37.5 Å². The molecule has 0 bridgehead atoms. The second-order valence-corrected chi connectivity index (χ2v) is 6.12. The Kier molecular flexibility index (Phi) is 5.76. The van der Waals surface area contributed by atoms with Gasteiger partial charge in [-0.3, -0.25) is 9.69 Å². The van der Waals surface area contributed by atoms with Crippen molar-refractivity contribution < 1.29 is 4.79 Å². The lowest BCUT2D eigenvalue weighted by Gasteiger charge is -2.32. The summed E-state index contributed by atoms with van der Waals surface area (Å²) in [6.45, 7) is 6.50. The molecule has 1 aromatic carbocycles. The topological polar surface area (TPSA) is 58.4 Å². The Morgan fingerprint density at radius 2 is 2.10 bits per heavy atom. The zero-order valence-corrected chi connectivity index (χ0v) is 13.2. The lowest BCUT2D eigenvalue weighted by atomic mass is 9.93. The monoisotopic (exact) mass is 289 g/mol. The summed E-state index contributed by atoms with van der Waals surface area (Å²) in [5.74, 6) is 0.516. The van der Waals surface area contributed by atoms with Gasteiger partial charge in [0.1, 0.15) is 0 Å². The molecule has 3 N–H and O–H groups in total. The van der Waals surface area contributed by atoms with Gasteiger partial charge in [0.05, 0.1) is 0 Å². The van der Waals surface area contributed by atoms with E-state index in [9.17, 15) is 4.79 Å². The highest BCUT2D eigenvalue weighted by Gasteiger charge is 2.19. The summed E-state index contributed by atoms with van der Waals surface area (Å²) in [5.41, 5.74) is 8.37. The maximum atomic E-state index is 11.2. The lowest BCUT2D eigenvalue weighted by molar-refractivity contribution is 0.1000. The van der Waals surface area contributed by atoms with Crippen LogP contribution in [0, 0.1) is 12.8 Å². The Morgan fingerprint density at radius 1 is 1.38 bits per heavy atom. The maximum absolute atomic E-state index is 11.2. The largest absolute Gasteiger partial charge is 0.366 e. The molecule has 116 valence electrons. The first kappa shape index (κ1) is 16.0. The number of nitrogens with two attached hydrogens (primary N) is 1. The van der Waals surface area contributed by atoms with Gasteiger partial charge in [-0.25, -0.2) is 0 Å². The van der Waals surface area contributed by atoms with E-state index in [1.807, 2.05) is 25.2 Å². The summed E-state index contributed by atoms with van der Waals surface area (Å²) in [6.07, 6.45) is 3.87. The van der Waals surface area contributed by atoms with E-state index in [4.69, 9.17) is 5.73 Å². The molecule has 0 aliphatic carbocycles. The minimum atomic E-state index is -0.352. The van der Waals surface area contributed by atoms with Crippen LogP contribution in [0.2, 0.25) is 0 Å². The van der Waals surface area contributed by atoms with Gasteiger partial charge in [0, 0.05) is 12.1 Å². The van der Waals surface area contributed by atoms with Crippen LogP contribution < -0.4 is 11.1 Å². The predicted molar refractivity (Wildman–Crippen MR) is 86.2 cm³/mol. The highest BCUT2D eigenvalue weighted by atomic mass is 16.1. The first-order valence-corrected chi connectivity index (χ1v) is 7.86. The molecule has 4 heteroatoms. The van der Waals surface area contributed by atoms with E-state index < -0.39 is 0 Å². The van der Waals surface area contributed by atoms with Crippen LogP contribution in [-0.2, 0) is 6.54 Å². The van der Waals surface area contributed by atoms with Crippen LogP contribution in [0.25, 0.3) is 0 Å². The second kappa shape index (κ2) is 7.57. The number of piperidine rings is 1. The minimum absolute atomic E-state index is 0.352. The third-order valence-corrected chi connectivity index (χ3v) is 4.53. The van der Waals surface area contributed by atoms with Gasteiger partial charge in [-0.1, -0.05) is 6.07 Å². The fraction of sp³-hybridized carbons (Fsp3) is 0.588. The molecule has 1 saturated heterocycles. The van der Waals surface area contributed by atoms with Gasteiger partial charge < -0.3 is 11.1 Å². The number of carbonyl (C=O) groups is 1. The van der Waals surface area contributed by atoms with Crippen LogP contribution in [0.5, 0.6) is 0 Å². The van der Waals surface area contributed by atoms with Gasteiger partial charge in [-0.2, -0.15) is 0 Å². The number of likely N-dealkylation sites (tertiary alicyclic amines) is 1. The fourth-order valence-corrected chi connectivity index (χ4v) is 3.05. The Labute approximate surface area is 127 Å². The fourth-order valence-electron chi connectivity index (χ4n) is 3.05. The number of carbonyl (C=O) groups excluding carboxylic acids is 1. The van der Waals surface area contributed by atoms with Crippen LogP contribution in [0.1, 0.15) is 40.7 Å². The van der Waals surface area contributed by atoms with E-state index in [0.717, 1.165) is 24.6 Å². The molecule has 0 radical (unpaired) electrons. The SMILES string of the molecule is CNCCC1CCN(Cc2ccc(C(N)=O)cc2C)CC1. The smallest absolute Gasteiger partial charge is 0.248 e. The highest BCUT2D eigenvalue weighted by Crippen LogP contribution is 2.22. The van der Waals surface area contributed by atoms with Gasteiger partial charge in [0.15, 0.2) is 0 Å². The third kappa shape index (κ3) is 4.55. The molecule has 4 nitrogen and oxygen atoms in total. The molecule has 21 heavy (non-hydrogen) atoms. The molecule has 2 rings (SSSR count). The van der Waals surface area contributed by atoms with E-state index in [1.165, 1.54) is 37.9 Å². The zero-order chi connectivity index (χ0) is 15.2. The van der Waals surface area contributed by atoms with Crippen molar-refractivity contribution in [2.24, 2.45) is 11.7 Å². The molecule has 0 unspecified atom stereocenters. The molecule has 1 aliphatic heterocycles. The van der Waals surface area contributed by atoms with Gasteiger partial charge in [0.2, 0.25) is 5.91 Å². The molecule has 1 amide bonds. The molecule has 0 saturated carbocycles. The van der Waals surface area contributed by atoms with Crippen molar-refractivity contribution in [2.75, 3.05) is 26.7 Å². The van der Waals surface area contributed by atoms with Gasteiger partial charge in [0.25, 0.3) is 0 Å². The molecular weight excluding hydrogens is 262 g/mol. The van der Waals surface area contributed by atoms with Crippen molar-refractivity contribution >= 4 is 5.91 Å². The number of hydrogen-bond donors (Lipinski definition) is 2. The van der Waals surface area contributed by atoms with Crippen molar-refractivity contribution in [3.8, 4) is 0 Å². The number of primary amides is 1. The first-order valence-electron chi connectivity index (χ1n) is 7.86. The van der Waals surface area contributed by atoms with E-state index in [2.05, 4.69) is 17.1 Å². The number of aryl methyl sites for hydroxylation is 1. The third-order valence-electron chi connectivity index (χ3n) is 4.53.